The van der Waals surface area contributed by atoms with Gasteiger partial charge in [0, 0.05) is 45.5 Å². The lowest BCUT2D eigenvalue weighted by atomic mass is 10.0. The van der Waals surface area contributed by atoms with Gasteiger partial charge in [-0.3, -0.25) is 4.99 Å². The van der Waals surface area contributed by atoms with E-state index in [4.69, 9.17) is 4.74 Å². The fourth-order valence-electron chi connectivity index (χ4n) is 2.72. The van der Waals surface area contributed by atoms with Gasteiger partial charge in [0.25, 0.3) is 0 Å². The SMILES string of the molecule is CN=C(NCCOCCS(C)(=O)=O)NC1CCN(CC(C)C)CC1.I. The van der Waals surface area contributed by atoms with Crippen molar-refractivity contribution in [3.8, 4) is 0 Å². The molecule has 0 aromatic rings. The second kappa shape index (κ2) is 13.1. The van der Waals surface area contributed by atoms with E-state index in [1.54, 1.807) is 7.05 Å². The Balaban J connectivity index is 0.00000576. The summed E-state index contributed by atoms with van der Waals surface area (Å²) in [5.74, 6) is 1.56. The molecule has 9 heteroatoms. The van der Waals surface area contributed by atoms with E-state index in [9.17, 15) is 8.42 Å². The van der Waals surface area contributed by atoms with Crippen LogP contribution in [0, 0.1) is 5.92 Å². The molecule has 0 radical (unpaired) electrons. The number of piperidine rings is 1. The van der Waals surface area contributed by atoms with Crippen molar-refractivity contribution in [1.29, 1.82) is 0 Å². The van der Waals surface area contributed by atoms with E-state index in [1.165, 1.54) is 12.8 Å². The molecule has 150 valence electrons. The van der Waals surface area contributed by atoms with E-state index in [0.717, 1.165) is 31.9 Å². The zero-order valence-corrected chi connectivity index (χ0v) is 19.1. The van der Waals surface area contributed by atoms with Crippen molar-refractivity contribution < 1.29 is 13.2 Å². The predicted molar refractivity (Wildman–Crippen MR) is 115 cm³/mol. The third-order valence-corrected chi connectivity index (χ3v) is 4.82. The fourth-order valence-corrected chi connectivity index (χ4v) is 3.14. The highest BCUT2D eigenvalue weighted by atomic mass is 127. The molecule has 2 N–H and O–H groups in total. The van der Waals surface area contributed by atoms with Crippen LogP contribution in [-0.2, 0) is 14.6 Å². The van der Waals surface area contributed by atoms with Gasteiger partial charge in [0.2, 0.25) is 0 Å². The molecule has 0 unspecified atom stereocenters. The molecule has 0 amide bonds. The molecular formula is C16H35IN4O3S. The van der Waals surface area contributed by atoms with Crippen molar-refractivity contribution >= 4 is 39.8 Å². The Morgan fingerprint density at radius 3 is 2.44 bits per heavy atom. The molecule has 1 rings (SSSR count). The van der Waals surface area contributed by atoms with Crippen molar-refractivity contribution in [1.82, 2.24) is 15.5 Å². The molecule has 0 aromatic heterocycles. The van der Waals surface area contributed by atoms with Crippen LogP contribution in [0.4, 0.5) is 0 Å². The van der Waals surface area contributed by atoms with Gasteiger partial charge in [-0.2, -0.15) is 0 Å². The topological polar surface area (TPSA) is 83.0 Å². The van der Waals surface area contributed by atoms with Crippen LogP contribution in [0.5, 0.6) is 0 Å². The first-order valence-corrected chi connectivity index (χ1v) is 10.8. The maximum absolute atomic E-state index is 11.0. The quantitative estimate of drug-likeness (QED) is 0.217. The Morgan fingerprint density at radius 2 is 1.92 bits per heavy atom. The third-order valence-electron chi connectivity index (χ3n) is 3.91. The Kier molecular flexibility index (Phi) is 13.0. The first-order chi connectivity index (χ1) is 11.3. The molecule has 1 aliphatic heterocycles. The van der Waals surface area contributed by atoms with Crippen LogP contribution in [0.2, 0.25) is 0 Å². The highest BCUT2D eigenvalue weighted by molar-refractivity contribution is 14.0. The summed E-state index contributed by atoms with van der Waals surface area (Å²) < 4.78 is 27.3. The molecule has 1 heterocycles. The van der Waals surface area contributed by atoms with Crippen LogP contribution in [0.15, 0.2) is 4.99 Å². The Morgan fingerprint density at radius 1 is 1.28 bits per heavy atom. The van der Waals surface area contributed by atoms with Crippen LogP contribution >= 0.6 is 24.0 Å². The number of nitrogens with zero attached hydrogens (tertiary/aromatic N) is 2. The van der Waals surface area contributed by atoms with Crippen LogP contribution < -0.4 is 10.6 Å². The summed E-state index contributed by atoms with van der Waals surface area (Å²) in [6, 6.07) is 0.450. The van der Waals surface area contributed by atoms with Gasteiger partial charge in [-0.05, 0) is 18.8 Å². The minimum absolute atomic E-state index is 0. The number of likely N-dealkylation sites (tertiary alicyclic amines) is 1. The van der Waals surface area contributed by atoms with Crippen LogP contribution in [-0.4, -0.2) is 83.8 Å². The summed E-state index contributed by atoms with van der Waals surface area (Å²) in [6.07, 6.45) is 3.46. The normalized spacial score (nSPS) is 17.4. The monoisotopic (exact) mass is 490 g/mol. The highest BCUT2D eigenvalue weighted by Crippen LogP contribution is 2.11. The second-order valence-electron chi connectivity index (χ2n) is 6.85. The standard InChI is InChI=1S/C16H34N4O3S.HI/c1-14(2)13-20-8-5-15(6-9-20)19-16(17-3)18-7-10-23-11-12-24(4,21)22;/h14-15H,5-13H2,1-4H3,(H2,17,18,19);1H. The first kappa shape index (κ1) is 24.9. The zero-order chi connectivity index (χ0) is 18.0. The van der Waals surface area contributed by atoms with E-state index >= 15 is 0 Å². The lowest BCUT2D eigenvalue weighted by Gasteiger charge is -2.33. The first-order valence-electron chi connectivity index (χ1n) is 8.75. The number of ether oxygens (including phenoxy) is 1. The number of nitrogens with one attached hydrogen (secondary N) is 2. The van der Waals surface area contributed by atoms with Gasteiger partial charge in [-0.25, -0.2) is 8.42 Å². The lowest BCUT2D eigenvalue weighted by Crippen LogP contribution is -2.49. The molecule has 0 atom stereocenters. The molecule has 1 fully saturated rings. The smallest absolute Gasteiger partial charge is 0.191 e. The number of hydrogen-bond donors (Lipinski definition) is 2. The number of guanidine groups is 1. The van der Waals surface area contributed by atoms with Crippen molar-refractivity contribution in [2.75, 3.05) is 58.4 Å². The Bertz CT molecular complexity index is 478. The van der Waals surface area contributed by atoms with Crippen molar-refractivity contribution in [3.63, 3.8) is 0 Å². The summed E-state index contributed by atoms with van der Waals surface area (Å²) in [6.45, 7) is 9.25. The van der Waals surface area contributed by atoms with Crippen LogP contribution in [0.3, 0.4) is 0 Å². The summed E-state index contributed by atoms with van der Waals surface area (Å²) >= 11 is 0. The van der Waals surface area contributed by atoms with E-state index in [2.05, 4.69) is 34.4 Å². The molecule has 0 bridgehead atoms. The highest BCUT2D eigenvalue weighted by Gasteiger charge is 2.20. The average molecular weight is 490 g/mol. The van der Waals surface area contributed by atoms with Crippen LogP contribution in [0.25, 0.3) is 0 Å². The number of hydrogen-bond acceptors (Lipinski definition) is 5. The molecule has 0 aliphatic carbocycles. The molecular weight excluding hydrogens is 455 g/mol. The summed E-state index contributed by atoms with van der Waals surface area (Å²) in [7, 11) is -1.19. The Hall–Kier alpha value is -0.130. The van der Waals surface area contributed by atoms with Gasteiger partial charge in [0.05, 0.1) is 19.0 Å². The molecule has 25 heavy (non-hydrogen) atoms. The zero-order valence-electron chi connectivity index (χ0n) is 16.0. The van der Waals surface area contributed by atoms with Gasteiger partial charge in [-0.1, -0.05) is 13.8 Å². The van der Waals surface area contributed by atoms with Gasteiger partial charge in [0.15, 0.2) is 5.96 Å². The van der Waals surface area contributed by atoms with Crippen LogP contribution in [0.1, 0.15) is 26.7 Å². The van der Waals surface area contributed by atoms with Crippen molar-refractivity contribution in [3.05, 3.63) is 0 Å². The number of rotatable bonds is 9. The summed E-state index contributed by atoms with van der Waals surface area (Å²) in [5, 5.41) is 6.66. The van der Waals surface area contributed by atoms with Crippen molar-refractivity contribution in [2.45, 2.75) is 32.7 Å². The number of halogens is 1. The molecule has 7 nitrogen and oxygen atoms in total. The fraction of sp³-hybridized carbons (Fsp3) is 0.938. The van der Waals surface area contributed by atoms with Gasteiger partial charge < -0.3 is 20.3 Å². The maximum atomic E-state index is 11.0. The van der Waals surface area contributed by atoms with Gasteiger partial charge >= 0.3 is 0 Å². The molecule has 0 aromatic carbocycles. The molecule has 0 spiro atoms. The number of sulfone groups is 1. The largest absolute Gasteiger partial charge is 0.379 e. The van der Waals surface area contributed by atoms with E-state index in [-0.39, 0.29) is 36.3 Å². The lowest BCUT2D eigenvalue weighted by molar-refractivity contribution is 0.153. The Labute approximate surface area is 170 Å². The average Bonchev–Trinajstić information content (AvgIpc) is 2.49. The molecule has 1 saturated heterocycles. The summed E-state index contributed by atoms with van der Waals surface area (Å²) in [4.78, 5) is 6.76. The third kappa shape index (κ3) is 12.8. The second-order valence-corrected chi connectivity index (χ2v) is 9.11. The molecule has 1 aliphatic rings. The van der Waals surface area contributed by atoms with Crippen molar-refractivity contribution in [2.24, 2.45) is 10.9 Å². The predicted octanol–water partition coefficient (Wildman–Crippen LogP) is 0.951. The summed E-state index contributed by atoms with van der Waals surface area (Å²) in [5.41, 5.74) is 0. The van der Waals surface area contributed by atoms with Gasteiger partial charge in [0.1, 0.15) is 9.84 Å². The minimum atomic E-state index is -2.95. The van der Waals surface area contributed by atoms with E-state index < -0.39 is 9.84 Å². The van der Waals surface area contributed by atoms with E-state index in [1.807, 2.05) is 0 Å². The number of aliphatic imine (C=N–C) groups is 1. The maximum Gasteiger partial charge on any atom is 0.191 e. The minimum Gasteiger partial charge on any atom is -0.379 e. The molecule has 0 saturated carbocycles. The van der Waals surface area contributed by atoms with E-state index in [0.29, 0.717) is 25.1 Å². The van der Waals surface area contributed by atoms with Gasteiger partial charge in [-0.15, -0.1) is 24.0 Å².